The SMILES string of the molecule is CCOC(=O)C1=C(C)N(Cc2cccs2)C(=O)N[C@@H]1c1cccc(F)c1. The number of rotatable bonds is 5. The normalized spacial score (nSPS) is 17.3. The Balaban J connectivity index is 2.04. The molecule has 5 nitrogen and oxygen atoms in total. The van der Waals surface area contributed by atoms with Crippen molar-refractivity contribution in [3.8, 4) is 0 Å². The molecule has 3 rings (SSSR count). The fraction of sp³-hybridized carbons (Fsp3) is 0.263. The van der Waals surface area contributed by atoms with Gasteiger partial charge in [0, 0.05) is 10.6 Å². The van der Waals surface area contributed by atoms with Crippen LogP contribution in [0.4, 0.5) is 9.18 Å². The van der Waals surface area contributed by atoms with Crippen molar-refractivity contribution in [3.63, 3.8) is 0 Å². The van der Waals surface area contributed by atoms with Crippen LogP contribution in [0.3, 0.4) is 0 Å². The van der Waals surface area contributed by atoms with Gasteiger partial charge in [0.25, 0.3) is 0 Å². The first-order chi connectivity index (χ1) is 12.5. The smallest absolute Gasteiger partial charge is 0.338 e. The van der Waals surface area contributed by atoms with E-state index in [0.29, 0.717) is 23.4 Å². The van der Waals surface area contributed by atoms with Crippen molar-refractivity contribution in [1.29, 1.82) is 0 Å². The molecule has 0 fully saturated rings. The number of halogens is 1. The molecule has 26 heavy (non-hydrogen) atoms. The first-order valence-corrected chi connectivity index (χ1v) is 9.13. The maximum Gasteiger partial charge on any atom is 0.338 e. The summed E-state index contributed by atoms with van der Waals surface area (Å²) in [6.07, 6.45) is 0. The van der Waals surface area contributed by atoms with Gasteiger partial charge >= 0.3 is 12.0 Å². The predicted octanol–water partition coefficient (Wildman–Crippen LogP) is 3.99. The molecule has 7 heteroatoms. The van der Waals surface area contributed by atoms with E-state index in [1.165, 1.54) is 28.4 Å². The number of amides is 2. The van der Waals surface area contributed by atoms with Gasteiger partial charge in [-0.1, -0.05) is 18.2 Å². The van der Waals surface area contributed by atoms with Crippen molar-refractivity contribution in [1.82, 2.24) is 10.2 Å². The lowest BCUT2D eigenvalue weighted by Gasteiger charge is -2.35. The van der Waals surface area contributed by atoms with Gasteiger partial charge in [0.1, 0.15) is 5.82 Å². The van der Waals surface area contributed by atoms with E-state index in [-0.39, 0.29) is 12.6 Å². The number of urea groups is 1. The first-order valence-electron chi connectivity index (χ1n) is 8.25. The minimum Gasteiger partial charge on any atom is -0.463 e. The summed E-state index contributed by atoms with van der Waals surface area (Å²) < 4.78 is 18.9. The van der Waals surface area contributed by atoms with Crippen LogP contribution in [0.25, 0.3) is 0 Å². The molecule has 1 aromatic heterocycles. The Kier molecular flexibility index (Phi) is 5.37. The second-order valence-electron chi connectivity index (χ2n) is 5.82. The van der Waals surface area contributed by atoms with Crippen LogP contribution < -0.4 is 5.32 Å². The number of carbonyl (C=O) groups excluding carboxylic acids is 2. The maximum atomic E-state index is 13.7. The van der Waals surface area contributed by atoms with E-state index in [4.69, 9.17) is 4.74 Å². The van der Waals surface area contributed by atoms with Gasteiger partial charge < -0.3 is 10.1 Å². The van der Waals surface area contributed by atoms with Crippen LogP contribution >= 0.6 is 11.3 Å². The molecule has 1 aliphatic heterocycles. The fourth-order valence-corrected chi connectivity index (χ4v) is 3.63. The number of carbonyl (C=O) groups is 2. The number of hydrogen-bond donors (Lipinski definition) is 1. The molecule has 0 spiro atoms. The first kappa shape index (κ1) is 18.1. The zero-order chi connectivity index (χ0) is 18.7. The third-order valence-corrected chi connectivity index (χ3v) is 5.03. The highest BCUT2D eigenvalue weighted by molar-refractivity contribution is 7.09. The standard InChI is InChI=1S/C19H19FN2O3S/c1-3-25-18(23)16-12(2)22(11-15-8-5-9-26-15)19(24)21-17(16)13-6-4-7-14(20)10-13/h4-10,17H,3,11H2,1-2H3,(H,21,24)/t17-/m1/s1. The number of thiophene rings is 1. The van der Waals surface area contributed by atoms with Crippen molar-refractivity contribution >= 4 is 23.3 Å². The van der Waals surface area contributed by atoms with Crippen molar-refractivity contribution < 1.29 is 18.7 Å². The molecule has 2 aromatic rings. The van der Waals surface area contributed by atoms with Crippen molar-refractivity contribution in [2.45, 2.75) is 26.4 Å². The second kappa shape index (κ2) is 7.70. The highest BCUT2D eigenvalue weighted by Crippen LogP contribution is 2.32. The lowest BCUT2D eigenvalue weighted by molar-refractivity contribution is -0.139. The van der Waals surface area contributed by atoms with Crippen LogP contribution in [-0.2, 0) is 16.1 Å². The minimum absolute atomic E-state index is 0.213. The third kappa shape index (κ3) is 3.62. The van der Waals surface area contributed by atoms with E-state index in [1.807, 2.05) is 17.5 Å². The lowest BCUT2D eigenvalue weighted by atomic mass is 9.95. The minimum atomic E-state index is -0.753. The van der Waals surface area contributed by atoms with Crippen LogP contribution in [0, 0.1) is 5.82 Å². The summed E-state index contributed by atoms with van der Waals surface area (Å²) in [5, 5.41) is 4.74. The second-order valence-corrected chi connectivity index (χ2v) is 6.85. The number of allylic oxidation sites excluding steroid dienone is 1. The van der Waals surface area contributed by atoms with Gasteiger partial charge in [-0.3, -0.25) is 4.90 Å². The van der Waals surface area contributed by atoms with E-state index in [0.717, 1.165) is 4.88 Å². The van der Waals surface area contributed by atoms with E-state index in [2.05, 4.69) is 5.32 Å². The van der Waals surface area contributed by atoms with Crippen LogP contribution in [0.15, 0.2) is 53.0 Å². The molecule has 1 N–H and O–H groups in total. The molecule has 1 aliphatic rings. The largest absolute Gasteiger partial charge is 0.463 e. The Morgan fingerprint density at radius 2 is 2.15 bits per heavy atom. The van der Waals surface area contributed by atoms with Gasteiger partial charge in [-0.2, -0.15) is 0 Å². The average molecular weight is 374 g/mol. The zero-order valence-electron chi connectivity index (χ0n) is 14.5. The quantitative estimate of drug-likeness (QED) is 0.805. The molecule has 2 amide bonds. The molecular formula is C19H19FN2O3S. The summed E-state index contributed by atoms with van der Waals surface area (Å²) >= 11 is 1.53. The Bertz CT molecular complexity index is 848. The van der Waals surface area contributed by atoms with Crippen LogP contribution in [0.2, 0.25) is 0 Å². The molecule has 0 unspecified atom stereocenters. The van der Waals surface area contributed by atoms with E-state index in [9.17, 15) is 14.0 Å². The summed E-state index contributed by atoms with van der Waals surface area (Å²) in [5.74, 6) is -0.950. The number of ether oxygens (including phenoxy) is 1. The van der Waals surface area contributed by atoms with E-state index < -0.39 is 17.8 Å². The Labute approximate surface area is 155 Å². The molecule has 136 valence electrons. The topological polar surface area (TPSA) is 58.6 Å². The summed E-state index contributed by atoms with van der Waals surface area (Å²) in [6.45, 7) is 4.00. The Hall–Kier alpha value is -2.67. The molecule has 2 heterocycles. The Morgan fingerprint density at radius 3 is 2.81 bits per heavy atom. The van der Waals surface area contributed by atoms with Crippen LogP contribution in [-0.4, -0.2) is 23.5 Å². The summed E-state index contributed by atoms with van der Waals surface area (Å²) in [4.78, 5) is 27.7. The molecule has 0 saturated heterocycles. The van der Waals surface area contributed by atoms with E-state index in [1.54, 1.807) is 26.0 Å². The molecule has 0 bridgehead atoms. The molecule has 0 radical (unpaired) electrons. The van der Waals surface area contributed by atoms with Crippen LogP contribution in [0.5, 0.6) is 0 Å². The predicted molar refractivity (Wildman–Crippen MR) is 96.9 cm³/mol. The van der Waals surface area contributed by atoms with Crippen molar-refractivity contribution in [2.24, 2.45) is 0 Å². The number of nitrogens with one attached hydrogen (secondary N) is 1. The molecule has 0 aliphatic carbocycles. The average Bonchev–Trinajstić information content (AvgIpc) is 3.11. The molecule has 1 atom stereocenters. The summed E-state index contributed by atoms with van der Waals surface area (Å²) in [6, 6.07) is 8.60. The fourth-order valence-electron chi connectivity index (χ4n) is 2.94. The van der Waals surface area contributed by atoms with Crippen molar-refractivity contribution in [3.05, 3.63) is 69.3 Å². The van der Waals surface area contributed by atoms with Gasteiger partial charge in [0.2, 0.25) is 0 Å². The summed E-state index contributed by atoms with van der Waals surface area (Å²) in [5.41, 5.74) is 1.32. The molecule has 0 saturated carbocycles. The lowest BCUT2D eigenvalue weighted by Crippen LogP contribution is -2.47. The van der Waals surface area contributed by atoms with Gasteiger partial charge in [-0.05, 0) is 43.0 Å². The van der Waals surface area contributed by atoms with Gasteiger partial charge in [-0.15, -0.1) is 11.3 Å². The maximum absolute atomic E-state index is 13.7. The van der Waals surface area contributed by atoms with Gasteiger partial charge in [0.05, 0.1) is 24.8 Å². The molecular weight excluding hydrogens is 355 g/mol. The monoisotopic (exact) mass is 374 g/mol. The van der Waals surface area contributed by atoms with E-state index >= 15 is 0 Å². The Morgan fingerprint density at radius 1 is 1.35 bits per heavy atom. The zero-order valence-corrected chi connectivity index (χ0v) is 15.3. The van der Waals surface area contributed by atoms with Gasteiger partial charge in [0.15, 0.2) is 0 Å². The van der Waals surface area contributed by atoms with Gasteiger partial charge in [-0.25, -0.2) is 14.0 Å². The van der Waals surface area contributed by atoms with Crippen molar-refractivity contribution in [2.75, 3.05) is 6.61 Å². The number of hydrogen-bond acceptors (Lipinski definition) is 4. The third-order valence-electron chi connectivity index (χ3n) is 4.17. The summed E-state index contributed by atoms with van der Waals surface area (Å²) in [7, 11) is 0. The highest BCUT2D eigenvalue weighted by atomic mass is 32.1. The number of benzene rings is 1. The number of esters is 1. The highest BCUT2D eigenvalue weighted by Gasteiger charge is 2.36. The van der Waals surface area contributed by atoms with Crippen LogP contribution in [0.1, 0.15) is 30.3 Å². The number of nitrogens with zero attached hydrogens (tertiary/aromatic N) is 1. The molecule has 1 aromatic carbocycles.